The highest BCUT2D eigenvalue weighted by Gasteiger charge is 2.16. The van der Waals surface area contributed by atoms with Gasteiger partial charge in [-0.25, -0.2) is 0 Å². The Kier molecular flexibility index (Phi) is 5.90. The standard InChI is InChI=1S/C12H14BrNO4.ClH/c1-14(7-12(15)16)6-8-4-10-11(5-9(8)13)18-3-2-17-10;/h4-5H,2-3,6-7H2,1H3,(H,15,16);1H. The number of halogens is 2. The zero-order valence-electron chi connectivity index (χ0n) is 10.4. The lowest BCUT2D eigenvalue weighted by Gasteiger charge is -2.21. The van der Waals surface area contributed by atoms with E-state index in [4.69, 9.17) is 14.6 Å². The zero-order chi connectivity index (χ0) is 13.1. The van der Waals surface area contributed by atoms with Crippen molar-refractivity contribution in [2.75, 3.05) is 26.8 Å². The smallest absolute Gasteiger partial charge is 0.317 e. The van der Waals surface area contributed by atoms with E-state index in [0.717, 1.165) is 15.8 Å². The van der Waals surface area contributed by atoms with Crippen molar-refractivity contribution in [3.8, 4) is 11.5 Å². The van der Waals surface area contributed by atoms with E-state index in [9.17, 15) is 4.79 Å². The molecule has 1 aliphatic heterocycles. The van der Waals surface area contributed by atoms with Crippen molar-refractivity contribution in [2.45, 2.75) is 6.54 Å². The molecule has 0 saturated heterocycles. The van der Waals surface area contributed by atoms with E-state index in [2.05, 4.69) is 15.9 Å². The number of aliphatic carboxylic acids is 1. The van der Waals surface area contributed by atoms with E-state index in [1.807, 2.05) is 12.1 Å². The molecule has 106 valence electrons. The third-order valence-electron chi connectivity index (χ3n) is 2.56. The van der Waals surface area contributed by atoms with E-state index in [-0.39, 0.29) is 19.0 Å². The van der Waals surface area contributed by atoms with Crippen LogP contribution in [0.1, 0.15) is 5.56 Å². The first-order valence-electron chi connectivity index (χ1n) is 5.54. The van der Waals surface area contributed by atoms with Gasteiger partial charge in [-0.05, 0) is 24.7 Å². The summed E-state index contributed by atoms with van der Waals surface area (Å²) in [5.41, 5.74) is 0.975. The molecule has 0 fully saturated rings. The minimum absolute atomic E-state index is 0. The molecule has 0 unspecified atom stereocenters. The number of carboxylic acids is 1. The summed E-state index contributed by atoms with van der Waals surface area (Å²) in [4.78, 5) is 12.3. The van der Waals surface area contributed by atoms with Crippen molar-refractivity contribution < 1.29 is 19.4 Å². The van der Waals surface area contributed by atoms with Crippen LogP contribution in [0.15, 0.2) is 16.6 Å². The van der Waals surface area contributed by atoms with Crippen LogP contribution in [0.25, 0.3) is 0 Å². The zero-order valence-corrected chi connectivity index (χ0v) is 12.8. The Morgan fingerprint density at radius 1 is 1.37 bits per heavy atom. The molecule has 19 heavy (non-hydrogen) atoms. The Morgan fingerprint density at radius 3 is 2.53 bits per heavy atom. The maximum Gasteiger partial charge on any atom is 0.317 e. The molecular weight excluding hydrogens is 337 g/mol. The molecule has 1 heterocycles. The first-order chi connectivity index (χ1) is 8.56. The number of ether oxygens (including phenoxy) is 2. The quantitative estimate of drug-likeness (QED) is 0.900. The first-order valence-corrected chi connectivity index (χ1v) is 6.34. The highest BCUT2D eigenvalue weighted by atomic mass is 79.9. The summed E-state index contributed by atoms with van der Waals surface area (Å²) in [5.74, 6) is 0.590. The molecule has 1 aromatic carbocycles. The normalized spacial score (nSPS) is 13.0. The van der Waals surface area contributed by atoms with Crippen LogP contribution in [0, 0.1) is 0 Å². The van der Waals surface area contributed by atoms with Crippen molar-refractivity contribution in [3.63, 3.8) is 0 Å². The number of carbonyl (C=O) groups is 1. The van der Waals surface area contributed by atoms with Gasteiger partial charge in [-0.3, -0.25) is 9.69 Å². The fraction of sp³-hybridized carbons (Fsp3) is 0.417. The molecule has 2 rings (SSSR count). The van der Waals surface area contributed by atoms with Crippen LogP contribution >= 0.6 is 28.3 Å². The monoisotopic (exact) mass is 351 g/mol. The highest BCUT2D eigenvalue weighted by Crippen LogP contribution is 2.35. The number of nitrogens with zero attached hydrogens (tertiary/aromatic N) is 1. The van der Waals surface area contributed by atoms with Gasteiger partial charge < -0.3 is 14.6 Å². The van der Waals surface area contributed by atoms with Crippen LogP contribution in [0.4, 0.5) is 0 Å². The predicted molar refractivity (Wildman–Crippen MR) is 76.3 cm³/mol. The van der Waals surface area contributed by atoms with Gasteiger partial charge >= 0.3 is 5.97 Å². The lowest BCUT2D eigenvalue weighted by atomic mass is 10.2. The Bertz CT molecular complexity index is 469. The molecule has 0 aliphatic carbocycles. The average Bonchev–Trinajstić information content (AvgIpc) is 2.29. The van der Waals surface area contributed by atoms with E-state index in [0.29, 0.717) is 25.5 Å². The summed E-state index contributed by atoms with van der Waals surface area (Å²) < 4.78 is 11.9. The maximum absolute atomic E-state index is 10.6. The lowest BCUT2D eigenvalue weighted by Crippen LogP contribution is -2.25. The number of hydrogen-bond donors (Lipinski definition) is 1. The number of rotatable bonds is 4. The van der Waals surface area contributed by atoms with Gasteiger partial charge in [-0.2, -0.15) is 0 Å². The highest BCUT2D eigenvalue weighted by molar-refractivity contribution is 9.10. The van der Waals surface area contributed by atoms with Crippen LogP contribution in [-0.2, 0) is 11.3 Å². The number of hydrogen-bond acceptors (Lipinski definition) is 4. The van der Waals surface area contributed by atoms with Gasteiger partial charge in [0.15, 0.2) is 11.5 Å². The number of fused-ring (bicyclic) bond motifs is 1. The molecule has 0 bridgehead atoms. The summed E-state index contributed by atoms with van der Waals surface area (Å²) in [7, 11) is 1.76. The molecule has 0 radical (unpaired) electrons. The molecule has 1 aromatic rings. The van der Waals surface area contributed by atoms with E-state index in [1.54, 1.807) is 11.9 Å². The number of likely N-dealkylation sites (N-methyl/N-ethyl adjacent to an activating group) is 1. The van der Waals surface area contributed by atoms with E-state index >= 15 is 0 Å². The van der Waals surface area contributed by atoms with Crippen molar-refractivity contribution in [1.82, 2.24) is 4.90 Å². The fourth-order valence-electron chi connectivity index (χ4n) is 1.80. The minimum Gasteiger partial charge on any atom is -0.486 e. The third-order valence-corrected chi connectivity index (χ3v) is 3.29. The second-order valence-corrected chi connectivity index (χ2v) is 5.01. The van der Waals surface area contributed by atoms with Crippen LogP contribution in [0.3, 0.4) is 0 Å². The molecule has 0 atom stereocenters. The van der Waals surface area contributed by atoms with Crippen molar-refractivity contribution in [2.24, 2.45) is 0 Å². The van der Waals surface area contributed by atoms with E-state index < -0.39 is 5.97 Å². The molecular formula is C12H15BrClNO4. The van der Waals surface area contributed by atoms with Crippen LogP contribution < -0.4 is 9.47 Å². The van der Waals surface area contributed by atoms with Crippen LogP contribution in [-0.4, -0.2) is 42.8 Å². The SMILES string of the molecule is CN(CC(=O)O)Cc1cc2c(cc1Br)OCCO2.Cl. The molecule has 0 spiro atoms. The van der Waals surface area contributed by atoms with Gasteiger partial charge in [0.05, 0.1) is 6.54 Å². The summed E-state index contributed by atoms with van der Waals surface area (Å²) in [6.07, 6.45) is 0. The summed E-state index contributed by atoms with van der Waals surface area (Å²) in [6, 6.07) is 3.75. The van der Waals surface area contributed by atoms with Gasteiger partial charge in [0.1, 0.15) is 13.2 Å². The molecule has 7 heteroatoms. The molecule has 1 N–H and O–H groups in total. The number of carboxylic acid groups (broad SMARTS) is 1. The molecule has 0 saturated carbocycles. The van der Waals surface area contributed by atoms with Gasteiger partial charge in [-0.1, -0.05) is 15.9 Å². The van der Waals surface area contributed by atoms with Crippen LogP contribution in [0.5, 0.6) is 11.5 Å². The second kappa shape index (κ2) is 6.98. The molecule has 0 aromatic heterocycles. The first kappa shape index (κ1) is 16.1. The molecule has 0 amide bonds. The molecule has 1 aliphatic rings. The van der Waals surface area contributed by atoms with Crippen LogP contribution in [0.2, 0.25) is 0 Å². The largest absolute Gasteiger partial charge is 0.486 e. The summed E-state index contributed by atoms with van der Waals surface area (Å²) >= 11 is 3.46. The second-order valence-electron chi connectivity index (χ2n) is 4.15. The van der Waals surface area contributed by atoms with Gasteiger partial charge in [-0.15, -0.1) is 12.4 Å². The topological polar surface area (TPSA) is 59.0 Å². The Hall–Kier alpha value is -0.980. The summed E-state index contributed by atoms with van der Waals surface area (Å²) in [6.45, 7) is 1.63. The Morgan fingerprint density at radius 2 is 1.95 bits per heavy atom. The number of benzene rings is 1. The summed E-state index contributed by atoms with van der Waals surface area (Å²) in [5, 5.41) is 8.73. The van der Waals surface area contributed by atoms with E-state index in [1.165, 1.54) is 0 Å². The molecule has 5 nitrogen and oxygen atoms in total. The maximum atomic E-state index is 10.6. The van der Waals surface area contributed by atoms with Gasteiger partial charge in [0.25, 0.3) is 0 Å². The van der Waals surface area contributed by atoms with Crippen molar-refractivity contribution >= 4 is 34.3 Å². The van der Waals surface area contributed by atoms with Crippen molar-refractivity contribution in [1.29, 1.82) is 0 Å². The predicted octanol–water partition coefficient (Wildman–Crippen LogP) is 2.16. The third kappa shape index (κ3) is 4.26. The lowest BCUT2D eigenvalue weighted by molar-refractivity contribution is -0.138. The average molecular weight is 353 g/mol. The minimum atomic E-state index is -0.842. The van der Waals surface area contributed by atoms with Gasteiger partial charge in [0, 0.05) is 11.0 Å². The fourth-order valence-corrected chi connectivity index (χ4v) is 2.25. The Labute approximate surface area is 126 Å². The Balaban J connectivity index is 0.00000180. The van der Waals surface area contributed by atoms with Gasteiger partial charge in [0.2, 0.25) is 0 Å². The van der Waals surface area contributed by atoms with Crippen molar-refractivity contribution in [3.05, 3.63) is 22.2 Å².